The van der Waals surface area contributed by atoms with Crippen LogP contribution in [0.5, 0.6) is 0 Å². The van der Waals surface area contributed by atoms with Crippen LogP contribution in [0.2, 0.25) is 0 Å². The Kier molecular flexibility index (Phi) is 4.93. The molecule has 1 saturated heterocycles. The van der Waals surface area contributed by atoms with Crippen molar-refractivity contribution in [3.63, 3.8) is 0 Å². The number of anilines is 1. The van der Waals surface area contributed by atoms with Gasteiger partial charge < -0.3 is 10.2 Å². The molecule has 1 aromatic heterocycles. The summed E-state index contributed by atoms with van der Waals surface area (Å²) >= 11 is 0. The first-order valence-corrected chi connectivity index (χ1v) is 9.55. The number of nitrogens with zero attached hydrogens (tertiary/aromatic N) is 3. The van der Waals surface area contributed by atoms with Gasteiger partial charge >= 0.3 is 0 Å². The molecule has 0 spiro atoms. The van der Waals surface area contributed by atoms with Crippen molar-refractivity contribution in [2.45, 2.75) is 45.7 Å². The second-order valence-corrected chi connectivity index (χ2v) is 9.05. The maximum Gasteiger partial charge on any atom is 0.254 e. The first kappa shape index (κ1) is 17.7. The second-order valence-electron chi connectivity index (χ2n) is 6.82. The zero-order chi connectivity index (χ0) is 17.3. The molecular formula is C15H24N4O3S. The minimum atomic E-state index is -2.96. The average molecular weight is 340 g/mol. The van der Waals surface area contributed by atoms with E-state index in [1.165, 1.54) is 12.4 Å². The van der Waals surface area contributed by atoms with Gasteiger partial charge in [-0.15, -0.1) is 0 Å². The number of rotatable bonds is 4. The Hall–Kier alpha value is -1.70. The molecule has 1 aliphatic rings. The molecule has 7 nitrogen and oxygen atoms in total. The lowest BCUT2D eigenvalue weighted by atomic mass is 10.1. The fourth-order valence-corrected chi connectivity index (χ4v) is 4.31. The van der Waals surface area contributed by atoms with Gasteiger partial charge in [-0.2, -0.15) is 0 Å². The number of sulfone groups is 1. The van der Waals surface area contributed by atoms with Crippen LogP contribution in [0, 0.1) is 0 Å². The Balaban J connectivity index is 2.13. The first-order chi connectivity index (χ1) is 10.6. The standard InChI is InChI=1S/C15H24N4O3S/c1-5-19(12-6-7-23(21,22)10-12)14-16-8-11(9-17-14)13(20)18-15(2,3)4/h8-9,12H,5-7,10H2,1-4H3,(H,18,20). The van der Waals surface area contributed by atoms with Gasteiger partial charge in [0.25, 0.3) is 5.91 Å². The van der Waals surface area contributed by atoms with Crippen molar-refractivity contribution in [1.29, 1.82) is 0 Å². The van der Waals surface area contributed by atoms with E-state index in [4.69, 9.17) is 0 Å². The van der Waals surface area contributed by atoms with Crippen molar-refractivity contribution in [3.8, 4) is 0 Å². The van der Waals surface area contributed by atoms with Gasteiger partial charge in [-0.3, -0.25) is 4.79 Å². The molecule has 8 heteroatoms. The molecule has 1 atom stereocenters. The third kappa shape index (κ3) is 4.63. The number of amides is 1. The van der Waals surface area contributed by atoms with Crippen molar-refractivity contribution in [1.82, 2.24) is 15.3 Å². The largest absolute Gasteiger partial charge is 0.347 e. The van der Waals surface area contributed by atoms with Crippen LogP contribution in [0.25, 0.3) is 0 Å². The summed E-state index contributed by atoms with van der Waals surface area (Å²) in [6.45, 7) is 8.26. The molecule has 0 aliphatic carbocycles. The highest BCUT2D eigenvalue weighted by Gasteiger charge is 2.32. The van der Waals surface area contributed by atoms with Crippen LogP contribution in [0.1, 0.15) is 44.5 Å². The molecular weight excluding hydrogens is 316 g/mol. The van der Waals surface area contributed by atoms with Crippen molar-refractivity contribution in [3.05, 3.63) is 18.0 Å². The molecule has 2 heterocycles. The zero-order valence-electron chi connectivity index (χ0n) is 14.0. The van der Waals surface area contributed by atoms with Gasteiger partial charge in [0.05, 0.1) is 17.1 Å². The molecule has 1 amide bonds. The molecule has 1 N–H and O–H groups in total. The van der Waals surface area contributed by atoms with E-state index in [-0.39, 0.29) is 29.0 Å². The molecule has 0 aromatic carbocycles. The Morgan fingerprint density at radius 3 is 2.39 bits per heavy atom. The summed E-state index contributed by atoms with van der Waals surface area (Å²) in [5.74, 6) is 0.578. The van der Waals surface area contributed by atoms with Crippen LogP contribution in [0.4, 0.5) is 5.95 Å². The van der Waals surface area contributed by atoms with Crippen LogP contribution in [0.3, 0.4) is 0 Å². The van der Waals surface area contributed by atoms with Crippen LogP contribution < -0.4 is 10.2 Å². The van der Waals surface area contributed by atoms with E-state index in [1.54, 1.807) is 0 Å². The third-order valence-corrected chi connectivity index (χ3v) is 5.39. The number of carbonyl (C=O) groups is 1. The maximum absolute atomic E-state index is 12.1. The minimum Gasteiger partial charge on any atom is -0.347 e. The van der Waals surface area contributed by atoms with Gasteiger partial charge in [0.2, 0.25) is 5.95 Å². The predicted octanol–water partition coefficient (Wildman–Crippen LogP) is 1.02. The second kappa shape index (κ2) is 6.43. The van der Waals surface area contributed by atoms with E-state index < -0.39 is 9.84 Å². The summed E-state index contributed by atoms with van der Waals surface area (Å²) < 4.78 is 23.3. The molecule has 1 fully saturated rings. The molecule has 1 aliphatic heterocycles. The number of hydrogen-bond acceptors (Lipinski definition) is 6. The first-order valence-electron chi connectivity index (χ1n) is 7.73. The minimum absolute atomic E-state index is 0.0979. The van der Waals surface area contributed by atoms with Crippen molar-refractivity contribution >= 4 is 21.7 Å². The molecule has 128 valence electrons. The van der Waals surface area contributed by atoms with Gasteiger partial charge in [-0.05, 0) is 34.1 Å². The number of carbonyl (C=O) groups excluding carboxylic acids is 1. The summed E-state index contributed by atoms with van der Waals surface area (Å²) in [5, 5.41) is 2.85. The molecule has 1 aromatic rings. The van der Waals surface area contributed by atoms with Crippen LogP contribution in [-0.2, 0) is 9.84 Å². The highest BCUT2D eigenvalue weighted by Crippen LogP contribution is 2.21. The van der Waals surface area contributed by atoms with Gasteiger partial charge in [0.1, 0.15) is 0 Å². The highest BCUT2D eigenvalue weighted by atomic mass is 32.2. The van der Waals surface area contributed by atoms with E-state index in [9.17, 15) is 13.2 Å². The lowest BCUT2D eigenvalue weighted by molar-refractivity contribution is 0.0919. The lowest BCUT2D eigenvalue weighted by Gasteiger charge is -2.26. The Labute approximate surface area is 137 Å². The predicted molar refractivity (Wildman–Crippen MR) is 89.3 cm³/mol. The quantitative estimate of drug-likeness (QED) is 0.880. The van der Waals surface area contributed by atoms with E-state index in [2.05, 4.69) is 15.3 Å². The average Bonchev–Trinajstić information content (AvgIpc) is 2.78. The summed E-state index contributed by atoms with van der Waals surface area (Å²) in [5.41, 5.74) is 0.0578. The molecule has 2 rings (SSSR count). The van der Waals surface area contributed by atoms with Crippen LogP contribution >= 0.6 is 0 Å². The Morgan fingerprint density at radius 2 is 1.96 bits per heavy atom. The van der Waals surface area contributed by atoms with E-state index in [1.807, 2.05) is 32.6 Å². The monoisotopic (exact) mass is 340 g/mol. The topological polar surface area (TPSA) is 92.3 Å². The number of aromatic nitrogens is 2. The normalized spacial score (nSPS) is 20.3. The van der Waals surface area contributed by atoms with Gasteiger partial charge in [0.15, 0.2) is 9.84 Å². The summed E-state index contributed by atoms with van der Waals surface area (Å²) in [7, 11) is -2.96. The Bertz CT molecular complexity index is 665. The van der Waals surface area contributed by atoms with Crippen LogP contribution in [-0.4, -0.2) is 53.9 Å². The third-order valence-electron chi connectivity index (χ3n) is 3.64. The summed E-state index contributed by atoms with van der Waals surface area (Å²) in [6, 6.07) is -0.0979. The molecule has 1 unspecified atom stereocenters. The Morgan fingerprint density at radius 1 is 1.35 bits per heavy atom. The van der Waals surface area contributed by atoms with E-state index in [0.29, 0.717) is 24.5 Å². The number of hydrogen-bond donors (Lipinski definition) is 1. The van der Waals surface area contributed by atoms with Crippen LogP contribution in [0.15, 0.2) is 12.4 Å². The fourth-order valence-electron chi connectivity index (χ4n) is 2.58. The molecule has 0 radical (unpaired) electrons. The maximum atomic E-state index is 12.1. The molecule has 23 heavy (non-hydrogen) atoms. The van der Waals surface area contributed by atoms with E-state index in [0.717, 1.165) is 0 Å². The van der Waals surface area contributed by atoms with Gasteiger partial charge in [-0.1, -0.05) is 0 Å². The lowest BCUT2D eigenvalue weighted by Crippen LogP contribution is -2.41. The fraction of sp³-hybridized carbons (Fsp3) is 0.667. The molecule has 0 bridgehead atoms. The van der Waals surface area contributed by atoms with Crippen molar-refractivity contribution in [2.24, 2.45) is 0 Å². The van der Waals surface area contributed by atoms with Gasteiger partial charge in [0, 0.05) is 30.5 Å². The highest BCUT2D eigenvalue weighted by molar-refractivity contribution is 7.91. The summed E-state index contributed by atoms with van der Waals surface area (Å²) in [4.78, 5) is 22.5. The summed E-state index contributed by atoms with van der Waals surface area (Å²) in [6.07, 6.45) is 3.55. The zero-order valence-corrected chi connectivity index (χ0v) is 14.9. The van der Waals surface area contributed by atoms with Crippen molar-refractivity contribution in [2.75, 3.05) is 23.0 Å². The SMILES string of the molecule is CCN(c1ncc(C(=O)NC(C)(C)C)cn1)C1CCS(=O)(=O)C1. The molecule has 0 saturated carbocycles. The van der Waals surface area contributed by atoms with E-state index >= 15 is 0 Å². The van der Waals surface area contributed by atoms with Crippen molar-refractivity contribution < 1.29 is 13.2 Å². The number of nitrogens with one attached hydrogen (secondary N) is 1. The van der Waals surface area contributed by atoms with Gasteiger partial charge in [-0.25, -0.2) is 18.4 Å². The smallest absolute Gasteiger partial charge is 0.254 e.